The third-order valence-electron chi connectivity index (χ3n) is 3.80. The zero-order valence-corrected chi connectivity index (χ0v) is 18.6. The Bertz CT molecular complexity index is 1040. The van der Waals surface area contributed by atoms with E-state index in [1.54, 1.807) is 31.2 Å². The van der Waals surface area contributed by atoms with Gasteiger partial charge in [-0.25, -0.2) is 0 Å². The number of rotatable bonds is 8. The standard InChI is InChI=1S/C22H18F3IN2O3/c1-3-8-31-20-18(26)10-14(11-19(20)30-4-2)9-15(13-27)21(29)28-17-7-5-6-16(12-17)22(23,24)25/h3,5-7,9-12H,1,4,8H2,2H3,(H,28,29)/b15-9+. The molecule has 0 fully saturated rings. The maximum atomic E-state index is 12.9. The van der Waals surface area contributed by atoms with Crippen LogP contribution in [-0.2, 0) is 11.0 Å². The summed E-state index contributed by atoms with van der Waals surface area (Å²) in [4.78, 5) is 12.5. The highest BCUT2D eigenvalue weighted by Gasteiger charge is 2.30. The number of anilines is 1. The van der Waals surface area contributed by atoms with E-state index in [-0.39, 0.29) is 17.9 Å². The molecule has 0 unspecified atom stereocenters. The van der Waals surface area contributed by atoms with Crippen molar-refractivity contribution >= 4 is 40.3 Å². The van der Waals surface area contributed by atoms with E-state index < -0.39 is 17.6 Å². The molecule has 2 aromatic carbocycles. The molecule has 0 atom stereocenters. The van der Waals surface area contributed by atoms with Crippen LogP contribution in [0.15, 0.2) is 54.6 Å². The van der Waals surface area contributed by atoms with Crippen LogP contribution in [0.2, 0.25) is 0 Å². The molecule has 1 N–H and O–H groups in total. The first-order chi connectivity index (χ1) is 14.7. The summed E-state index contributed by atoms with van der Waals surface area (Å²) in [5.41, 5.74) is -0.762. The second kappa shape index (κ2) is 10.9. The van der Waals surface area contributed by atoms with Crippen molar-refractivity contribution in [3.8, 4) is 17.6 Å². The summed E-state index contributed by atoms with van der Waals surface area (Å²) in [6, 6.07) is 9.25. The van der Waals surface area contributed by atoms with Crippen LogP contribution in [0.25, 0.3) is 6.08 Å². The Hall–Kier alpha value is -3.00. The quantitative estimate of drug-likeness (QED) is 0.198. The number of hydrogen-bond donors (Lipinski definition) is 1. The van der Waals surface area contributed by atoms with Crippen molar-refractivity contribution in [1.82, 2.24) is 0 Å². The molecule has 0 aliphatic carbocycles. The van der Waals surface area contributed by atoms with E-state index in [0.29, 0.717) is 27.2 Å². The topological polar surface area (TPSA) is 71.3 Å². The van der Waals surface area contributed by atoms with Gasteiger partial charge in [-0.1, -0.05) is 18.7 Å². The Morgan fingerprint density at radius 1 is 1.29 bits per heavy atom. The van der Waals surface area contributed by atoms with Gasteiger partial charge >= 0.3 is 6.18 Å². The molecule has 0 aliphatic rings. The van der Waals surface area contributed by atoms with Crippen LogP contribution in [0.4, 0.5) is 18.9 Å². The number of amides is 1. The van der Waals surface area contributed by atoms with Gasteiger partial charge in [-0.2, -0.15) is 18.4 Å². The molecule has 0 bridgehead atoms. The van der Waals surface area contributed by atoms with Gasteiger partial charge in [0, 0.05) is 5.69 Å². The van der Waals surface area contributed by atoms with Gasteiger partial charge in [0.25, 0.3) is 5.91 Å². The average Bonchev–Trinajstić information content (AvgIpc) is 2.71. The molecular formula is C22H18F3IN2O3. The van der Waals surface area contributed by atoms with Crippen LogP contribution in [-0.4, -0.2) is 19.1 Å². The highest BCUT2D eigenvalue weighted by molar-refractivity contribution is 14.1. The van der Waals surface area contributed by atoms with Gasteiger partial charge in [-0.15, -0.1) is 0 Å². The fourth-order valence-electron chi connectivity index (χ4n) is 2.50. The molecular weight excluding hydrogens is 524 g/mol. The van der Waals surface area contributed by atoms with Crippen LogP contribution in [0.5, 0.6) is 11.5 Å². The van der Waals surface area contributed by atoms with E-state index in [1.165, 1.54) is 18.2 Å². The molecule has 0 saturated heterocycles. The third-order valence-corrected chi connectivity index (χ3v) is 4.60. The van der Waals surface area contributed by atoms with E-state index in [9.17, 15) is 23.2 Å². The molecule has 0 saturated carbocycles. The number of nitrogens with one attached hydrogen (secondary N) is 1. The molecule has 31 heavy (non-hydrogen) atoms. The normalized spacial score (nSPS) is 11.4. The second-order valence-corrected chi connectivity index (χ2v) is 7.23. The number of carbonyl (C=O) groups excluding carboxylic acids is 1. The van der Waals surface area contributed by atoms with Crippen molar-refractivity contribution in [1.29, 1.82) is 5.26 Å². The predicted molar refractivity (Wildman–Crippen MR) is 120 cm³/mol. The van der Waals surface area contributed by atoms with Crippen molar-refractivity contribution < 1.29 is 27.4 Å². The van der Waals surface area contributed by atoms with E-state index in [2.05, 4.69) is 11.9 Å². The van der Waals surface area contributed by atoms with Gasteiger partial charge in [0.15, 0.2) is 11.5 Å². The predicted octanol–water partition coefficient (Wildman–Crippen LogP) is 5.82. The fourth-order valence-corrected chi connectivity index (χ4v) is 3.28. The summed E-state index contributed by atoms with van der Waals surface area (Å²) in [6.45, 7) is 6.04. The summed E-state index contributed by atoms with van der Waals surface area (Å²) in [5, 5.41) is 11.7. The highest BCUT2D eigenvalue weighted by atomic mass is 127. The number of carbonyl (C=O) groups is 1. The zero-order valence-electron chi connectivity index (χ0n) is 16.4. The molecule has 0 heterocycles. The smallest absolute Gasteiger partial charge is 0.416 e. The number of alkyl halides is 3. The van der Waals surface area contributed by atoms with Crippen LogP contribution in [0, 0.1) is 14.9 Å². The number of ether oxygens (including phenoxy) is 2. The first-order valence-electron chi connectivity index (χ1n) is 9.00. The molecule has 162 valence electrons. The van der Waals surface area contributed by atoms with E-state index in [1.807, 2.05) is 22.6 Å². The third kappa shape index (κ3) is 6.75. The molecule has 0 aromatic heterocycles. The SMILES string of the molecule is C=CCOc1c(I)cc(/C=C(\C#N)C(=O)Nc2cccc(C(F)(F)F)c2)cc1OCC. The van der Waals surface area contributed by atoms with Gasteiger partial charge in [-0.3, -0.25) is 4.79 Å². The van der Waals surface area contributed by atoms with Crippen LogP contribution in [0.1, 0.15) is 18.1 Å². The summed E-state index contributed by atoms with van der Waals surface area (Å²) >= 11 is 2.04. The first kappa shape index (κ1) is 24.3. The number of benzene rings is 2. The highest BCUT2D eigenvalue weighted by Crippen LogP contribution is 2.35. The molecule has 1 amide bonds. The second-order valence-electron chi connectivity index (χ2n) is 6.07. The maximum Gasteiger partial charge on any atom is 0.416 e. The lowest BCUT2D eigenvalue weighted by atomic mass is 10.1. The molecule has 9 heteroatoms. The lowest BCUT2D eigenvalue weighted by Crippen LogP contribution is -2.14. The molecule has 2 aromatic rings. The van der Waals surface area contributed by atoms with Gasteiger partial charge in [0.05, 0.1) is 15.7 Å². The van der Waals surface area contributed by atoms with Crippen molar-refractivity contribution in [3.05, 3.63) is 69.3 Å². The van der Waals surface area contributed by atoms with E-state index in [4.69, 9.17) is 9.47 Å². The maximum absolute atomic E-state index is 12.9. The molecule has 0 aliphatic heterocycles. The van der Waals surface area contributed by atoms with Crippen molar-refractivity contribution in [3.63, 3.8) is 0 Å². The van der Waals surface area contributed by atoms with Gasteiger partial charge in [0.1, 0.15) is 18.2 Å². The largest absolute Gasteiger partial charge is 0.490 e. The first-order valence-corrected chi connectivity index (χ1v) is 10.1. The number of nitriles is 1. The Balaban J connectivity index is 2.33. The monoisotopic (exact) mass is 542 g/mol. The lowest BCUT2D eigenvalue weighted by Gasteiger charge is -2.14. The molecule has 2 rings (SSSR count). The summed E-state index contributed by atoms with van der Waals surface area (Å²) in [6.07, 6.45) is -1.63. The lowest BCUT2D eigenvalue weighted by molar-refractivity contribution is -0.137. The Morgan fingerprint density at radius 2 is 2.03 bits per heavy atom. The average molecular weight is 542 g/mol. The minimum Gasteiger partial charge on any atom is -0.490 e. The van der Waals surface area contributed by atoms with Crippen molar-refractivity contribution in [2.45, 2.75) is 13.1 Å². The summed E-state index contributed by atoms with van der Waals surface area (Å²) in [5.74, 6) is 0.103. The van der Waals surface area contributed by atoms with E-state index in [0.717, 1.165) is 12.1 Å². The zero-order chi connectivity index (χ0) is 23.0. The van der Waals surface area contributed by atoms with Crippen LogP contribution < -0.4 is 14.8 Å². The van der Waals surface area contributed by atoms with Gasteiger partial charge in [0.2, 0.25) is 0 Å². The van der Waals surface area contributed by atoms with Gasteiger partial charge < -0.3 is 14.8 Å². The summed E-state index contributed by atoms with van der Waals surface area (Å²) in [7, 11) is 0. The van der Waals surface area contributed by atoms with Crippen molar-refractivity contribution in [2.75, 3.05) is 18.5 Å². The number of nitrogens with zero attached hydrogens (tertiary/aromatic N) is 1. The van der Waals surface area contributed by atoms with Crippen LogP contribution >= 0.6 is 22.6 Å². The van der Waals surface area contributed by atoms with E-state index >= 15 is 0 Å². The molecule has 0 spiro atoms. The fraction of sp³-hybridized carbons (Fsp3) is 0.182. The Morgan fingerprint density at radius 3 is 2.65 bits per heavy atom. The Kier molecular flexibility index (Phi) is 8.50. The van der Waals surface area contributed by atoms with Crippen LogP contribution in [0.3, 0.4) is 0 Å². The molecule has 0 radical (unpaired) electrons. The molecule has 5 nitrogen and oxygen atoms in total. The Labute approximate surface area is 191 Å². The van der Waals surface area contributed by atoms with Crippen molar-refractivity contribution in [2.24, 2.45) is 0 Å². The minimum atomic E-state index is -4.55. The van der Waals surface area contributed by atoms with Gasteiger partial charge in [-0.05, 0) is 71.5 Å². The number of halogens is 4. The number of hydrogen-bond acceptors (Lipinski definition) is 4. The minimum absolute atomic E-state index is 0.0706. The summed E-state index contributed by atoms with van der Waals surface area (Å²) < 4.78 is 50.5.